The summed E-state index contributed by atoms with van der Waals surface area (Å²) in [7, 11) is 2.12. The van der Waals surface area contributed by atoms with E-state index in [-0.39, 0.29) is 5.41 Å². The zero-order valence-electron chi connectivity index (χ0n) is 10.6. The first-order chi connectivity index (χ1) is 8.16. The maximum atomic E-state index is 6.07. The van der Waals surface area contributed by atoms with Crippen molar-refractivity contribution in [2.24, 2.45) is 18.7 Å². The number of nitrogens with zero attached hydrogens (tertiary/aromatic N) is 1. The van der Waals surface area contributed by atoms with Crippen LogP contribution in [0, 0.1) is 5.92 Å². The molecule has 1 fully saturated rings. The molecule has 1 heterocycles. The molecule has 1 aliphatic rings. The van der Waals surface area contributed by atoms with E-state index in [1.54, 1.807) is 0 Å². The summed E-state index contributed by atoms with van der Waals surface area (Å²) in [6.45, 7) is 3.07. The van der Waals surface area contributed by atoms with E-state index in [1.807, 2.05) is 0 Å². The van der Waals surface area contributed by atoms with Crippen LogP contribution in [0.25, 0.3) is 10.9 Å². The van der Waals surface area contributed by atoms with E-state index in [4.69, 9.17) is 5.73 Å². The molecule has 1 atom stereocenters. The second-order valence-corrected chi connectivity index (χ2v) is 5.57. The third kappa shape index (κ3) is 1.51. The SMILES string of the molecule is Cn1cc(C(C)(CN)C2CC2)c2ccccc21. The number of aryl methyl sites for hydroxylation is 1. The minimum atomic E-state index is 0.154. The van der Waals surface area contributed by atoms with Crippen LogP contribution in [-0.2, 0) is 12.5 Å². The summed E-state index contributed by atoms with van der Waals surface area (Å²) in [5.41, 5.74) is 8.96. The van der Waals surface area contributed by atoms with Gasteiger partial charge in [-0.05, 0) is 30.4 Å². The number of rotatable bonds is 3. The molecule has 90 valence electrons. The third-order valence-corrected chi connectivity index (χ3v) is 4.41. The van der Waals surface area contributed by atoms with Crippen molar-refractivity contribution in [2.45, 2.75) is 25.2 Å². The van der Waals surface area contributed by atoms with Gasteiger partial charge in [0.15, 0.2) is 0 Å². The minimum absolute atomic E-state index is 0.154. The normalized spacial score (nSPS) is 19.5. The monoisotopic (exact) mass is 228 g/mol. The summed E-state index contributed by atoms with van der Waals surface area (Å²) in [5, 5.41) is 1.37. The average molecular weight is 228 g/mol. The highest BCUT2D eigenvalue weighted by atomic mass is 14.9. The summed E-state index contributed by atoms with van der Waals surface area (Å²) in [4.78, 5) is 0. The molecule has 0 radical (unpaired) electrons. The molecule has 2 aromatic rings. The lowest BCUT2D eigenvalue weighted by molar-refractivity contribution is 0.423. The number of hydrogen-bond acceptors (Lipinski definition) is 1. The Morgan fingerprint density at radius 2 is 2.06 bits per heavy atom. The highest BCUT2D eigenvalue weighted by Gasteiger charge is 2.43. The molecule has 0 bridgehead atoms. The largest absolute Gasteiger partial charge is 0.350 e. The van der Waals surface area contributed by atoms with Crippen LogP contribution >= 0.6 is 0 Å². The number of nitrogens with two attached hydrogens (primary N) is 1. The molecule has 2 nitrogen and oxygen atoms in total. The van der Waals surface area contributed by atoms with Crippen molar-refractivity contribution >= 4 is 10.9 Å². The van der Waals surface area contributed by atoms with Crippen molar-refractivity contribution in [1.82, 2.24) is 4.57 Å². The number of benzene rings is 1. The van der Waals surface area contributed by atoms with Crippen molar-refractivity contribution in [3.8, 4) is 0 Å². The molecular formula is C15H20N2. The number of aromatic nitrogens is 1. The fourth-order valence-corrected chi connectivity index (χ4v) is 3.01. The highest BCUT2D eigenvalue weighted by Crippen LogP contribution is 2.48. The highest BCUT2D eigenvalue weighted by molar-refractivity contribution is 5.85. The van der Waals surface area contributed by atoms with E-state index in [9.17, 15) is 0 Å². The van der Waals surface area contributed by atoms with E-state index in [2.05, 4.69) is 49.0 Å². The van der Waals surface area contributed by atoms with Crippen molar-refractivity contribution < 1.29 is 0 Å². The fourth-order valence-electron chi connectivity index (χ4n) is 3.01. The second kappa shape index (κ2) is 3.61. The van der Waals surface area contributed by atoms with Crippen LogP contribution in [0.1, 0.15) is 25.3 Å². The molecule has 2 heteroatoms. The molecule has 0 saturated heterocycles. The quantitative estimate of drug-likeness (QED) is 0.860. The van der Waals surface area contributed by atoms with Gasteiger partial charge in [-0.1, -0.05) is 25.1 Å². The van der Waals surface area contributed by atoms with Crippen LogP contribution in [0.3, 0.4) is 0 Å². The van der Waals surface area contributed by atoms with Gasteiger partial charge >= 0.3 is 0 Å². The number of para-hydroxylation sites is 1. The van der Waals surface area contributed by atoms with Crippen molar-refractivity contribution in [3.63, 3.8) is 0 Å². The molecule has 1 unspecified atom stereocenters. The Morgan fingerprint density at radius 1 is 1.35 bits per heavy atom. The summed E-state index contributed by atoms with van der Waals surface area (Å²) >= 11 is 0. The first-order valence-corrected chi connectivity index (χ1v) is 6.41. The van der Waals surface area contributed by atoms with E-state index in [1.165, 1.54) is 29.3 Å². The lowest BCUT2D eigenvalue weighted by atomic mass is 9.78. The van der Waals surface area contributed by atoms with Gasteiger partial charge in [0.05, 0.1) is 0 Å². The average Bonchev–Trinajstić information content (AvgIpc) is 3.15. The predicted octanol–water partition coefficient (Wildman–Crippen LogP) is 2.80. The molecule has 0 amide bonds. The Morgan fingerprint density at radius 3 is 2.71 bits per heavy atom. The van der Waals surface area contributed by atoms with Gasteiger partial charge < -0.3 is 10.3 Å². The maximum Gasteiger partial charge on any atom is 0.0480 e. The maximum absolute atomic E-state index is 6.07. The Hall–Kier alpha value is -1.28. The van der Waals surface area contributed by atoms with E-state index in [0.29, 0.717) is 0 Å². The molecule has 0 spiro atoms. The first kappa shape index (κ1) is 10.8. The zero-order chi connectivity index (χ0) is 12.0. The van der Waals surface area contributed by atoms with Gasteiger partial charge in [0, 0.05) is 36.1 Å². The van der Waals surface area contributed by atoms with Crippen LogP contribution in [0.5, 0.6) is 0 Å². The summed E-state index contributed by atoms with van der Waals surface area (Å²) < 4.78 is 2.22. The van der Waals surface area contributed by atoms with E-state index >= 15 is 0 Å². The fraction of sp³-hybridized carbons (Fsp3) is 0.467. The van der Waals surface area contributed by atoms with Crippen molar-refractivity contribution in [3.05, 3.63) is 36.0 Å². The Bertz CT molecular complexity index is 551. The van der Waals surface area contributed by atoms with Crippen LogP contribution in [-0.4, -0.2) is 11.1 Å². The summed E-state index contributed by atoms with van der Waals surface area (Å²) in [6.07, 6.45) is 4.93. The topological polar surface area (TPSA) is 30.9 Å². The van der Waals surface area contributed by atoms with Gasteiger partial charge in [0.1, 0.15) is 0 Å². The Labute approximate surface area is 102 Å². The first-order valence-electron chi connectivity index (χ1n) is 6.41. The lowest BCUT2D eigenvalue weighted by Gasteiger charge is -2.28. The zero-order valence-corrected chi connectivity index (χ0v) is 10.6. The van der Waals surface area contributed by atoms with Crippen LogP contribution < -0.4 is 5.73 Å². The molecule has 17 heavy (non-hydrogen) atoms. The van der Waals surface area contributed by atoms with Crippen LogP contribution in [0.15, 0.2) is 30.5 Å². The lowest BCUT2D eigenvalue weighted by Crippen LogP contribution is -2.33. The summed E-state index contributed by atoms with van der Waals surface area (Å²) in [6, 6.07) is 8.63. The smallest absolute Gasteiger partial charge is 0.0480 e. The molecule has 1 aliphatic carbocycles. The number of hydrogen-bond donors (Lipinski definition) is 1. The molecular weight excluding hydrogens is 208 g/mol. The molecule has 3 rings (SSSR count). The van der Waals surface area contributed by atoms with E-state index in [0.717, 1.165) is 12.5 Å². The third-order valence-electron chi connectivity index (χ3n) is 4.41. The van der Waals surface area contributed by atoms with Gasteiger partial charge in [-0.3, -0.25) is 0 Å². The molecule has 1 aromatic carbocycles. The predicted molar refractivity (Wildman–Crippen MR) is 72.0 cm³/mol. The number of fused-ring (bicyclic) bond motifs is 1. The molecule has 1 aromatic heterocycles. The van der Waals surface area contributed by atoms with Gasteiger partial charge in [-0.2, -0.15) is 0 Å². The van der Waals surface area contributed by atoms with E-state index < -0.39 is 0 Å². The van der Waals surface area contributed by atoms with Crippen LogP contribution in [0.2, 0.25) is 0 Å². The van der Waals surface area contributed by atoms with Crippen molar-refractivity contribution in [1.29, 1.82) is 0 Å². The molecule has 2 N–H and O–H groups in total. The Kier molecular flexibility index (Phi) is 2.30. The summed E-state index contributed by atoms with van der Waals surface area (Å²) in [5.74, 6) is 0.776. The van der Waals surface area contributed by atoms with Gasteiger partial charge in [-0.25, -0.2) is 0 Å². The van der Waals surface area contributed by atoms with Crippen molar-refractivity contribution in [2.75, 3.05) is 6.54 Å². The standard InChI is InChI=1S/C15H20N2/c1-15(10-16,11-7-8-11)13-9-17(2)14-6-4-3-5-12(13)14/h3-6,9,11H,7-8,10,16H2,1-2H3. The second-order valence-electron chi connectivity index (χ2n) is 5.57. The minimum Gasteiger partial charge on any atom is -0.350 e. The van der Waals surface area contributed by atoms with Crippen LogP contribution in [0.4, 0.5) is 0 Å². The van der Waals surface area contributed by atoms with Gasteiger partial charge in [0.2, 0.25) is 0 Å². The van der Waals surface area contributed by atoms with Gasteiger partial charge in [0.25, 0.3) is 0 Å². The van der Waals surface area contributed by atoms with Gasteiger partial charge in [-0.15, -0.1) is 0 Å². The molecule has 0 aliphatic heterocycles. The Balaban J connectivity index is 2.22. The molecule has 1 saturated carbocycles.